The molecule has 1 aromatic carbocycles. The standard InChI is InChI=1S/C15H20BrClN2O/c16-10-12-2-1-3-14(17)15(12)19-5-4-13(11-19)18-6-8-20-9-7-18/h1-3,13H,4-11H2. The topological polar surface area (TPSA) is 15.7 Å². The van der Waals surface area contributed by atoms with E-state index >= 15 is 0 Å². The van der Waals surface area contributed by atoms with Gasteiger partial charge in [-0.15, -0.1) is 0 Å². The summed E-state index contributed by atoms with van der Waals surface area (Å²) in [4.78, 5) is 5.01. The Bertz CT molecular complexity index is 465. The number of ether oxygens (including phenoxy) is 1. The summed E-state index contributed by atoms with van der Waals surface area (Å²) in [6.07, 6.45) is 1.22. The zero-order chi connectivity index (χ0) is 13.9. The molecule has 110 valence electrons. The lowest BCUT2D eigenvalue weighted by Crippen LogP contribution is -2.44. The van der Waals surface area contributed by atoms with Gasteiger partial charge in [0.05, 0.1) is 23.9 Å². The van der Waals surface area contributed by atoms with Crippen molar-refractivity contribution >= 4 is 33.2 Å². The van der Waals surface area contributed by atoms with E-state index in [2.05, 4.69) is 31.8 Å². The maximum absolute atomic E-state index is 6.43. The highest BCUT2D eigenvalue weighted by Crippen LogP contribution is 2.34. The van der Waals surface area contributed by atoms with Gasteiger partial charge in [0.1, 0.15) is 0 Å². The molecule has 2 aliphatic heterocycles. The third-order valence-electron chi connectivity index (χ3n) is 4.26. The van der Waals surface area contributed by atoms with E-state index < -0.39 is 0 Å². The number of anilines is 1. The van der Waals surface area contributed by atoms with Gasteiger partial charge in [-0.05, 0) is 18.1 Å². The highest BCUT2D eigenvalue weighted by atomic mass is 79.9. The van der Waals surface area contributed by atoms with E-state index in [9.17, 15) is 0 Å². The van der Waals surface area contributed by atoms with Crippen molar-refractivity contribution in [2.24, 2.45) is 0 Å². The Hall–Kier alpha value is -0.290. The van der Waals surface area contributed by atoms with Gasteiger partial charge in [0, 0.05) is 37.6 Å². The van der Waals surface area contributed by atoms with Crippen molar-refractivity contribution in [2.45, 2.75) is 17.8 Å². The quantitative estimate of drug-likeness (QED) is 0.771. The Morgan fingerprint density at radius 3 is 2.80 bits per heavy atom. The summed E-state index contributed by atoms with van der Waals surface area (Å²) in [6, 6.07) is 6.81. The van der Waals surface area contributed by atoms with Crippen LogP contribution in [0.25, 0.3) is 0 Å². The molecule has 0 radical (unpaired) electrons. The minimum Gasteiger partial charge on any atom is -0.379 e. The van der Waals surface area contributed by atoms with Crippen LogP contribution in [0.5, 0.6) is 0 Å². The van der Waals surface area contributed by atoms with E-state index in [4.69, 9.17) is 16.3 Å². The van der Waals surface area contributed by atoms with Crippen molar-refractivity contribution in [1.29, 1.82) is 0 Å². The molecular weight excluding hydrogens is 340 g/mol. The van der Waals surface area contributed by atoms with Crippen molar-refractivity contribution in [3.05, 3.63) is 28.8 Å². The molecule has 1 unspecified atom stereocenters. The van der Waals surface area contributed by atoms with E-state index in [0.717, 1.165) is 49.7 Å². The SMILES string of the molecule is Clc1cccc(CBr)c1N1CCC(N2CCOCC2)C1. The molecule has 2 aliphatic rings. The van der Waals surface area contributed by atoms with E-state index in [1.807, 2.05) is 12.1 Å². The van der Waals surface area contributed by atoms with Crippen LogP contribution >= 0.6 is 27.5 Å². The minimum atomic E-state index is 0.637. The number of hydrogen-bond donors (Lipinski definition) is 0. The van der Waals surface area contributed by atoms with E-state index in [0.29, 0.717) is 6.04 Å². The molecule has 5 heteroatoms. The number of rotatable bonds is 3. The van der Waals surface area contributed by atoms with Crippen LogP contribution in [0.15, 0.2) is 18.2 Å². The number of benzene rings is 1. The lowest BCUT2D eigenvalue weighted by molar-refractivity contribution is 0.0209. The van der Waals surface area contributed by atoms with Gasteiger partial charge < -0.3 is 9.64 Å². The van der Waals surface area contributed by atoms with Crippen molar-refractivity contribution in [3.63, 3.8) is 0 Å². The molecule has 0 aliphatic carbocycles. The molecule has 20 heavy (non-hydrogen) atoms. The fraction of sp³-hybridized carbons (Fsp3) is 0.600. The predicted octanol–water partition coefficient (Wildman–Crippen LogP) is 3.15. The molecular formula is C15H20BrClN2O. The first-order valence-electron chi connectivity index (χ1n) is 7.19. The molecule has 0 bridgehead atoms. The van der Waals surface area contributed by atoms with Crippen molar-refractivity contribution in [3.8, 4) is 0 Å². The van der Waals surface area contributed by atoms with Crippen LogP contribution in [0, 0.1) is 0 Å². The summed E-state index contributed by atoms with van der Waals surface area (Å²) in [5, 5.41) is 1.71. The minimum absolute atomic E-state index is 0.637. The summed E-state index contributed by atoms with van der Waals surface area (Å²) in [5.41, 5.74) is 2.49. The molecule has 1 atom stereocenters. The monoisotopic (exact) mass is 358 g/mol. The number of hydrogen-bond acceptors (Lipinski definition) is 3. The maximum Gasteiger partial charge on any atom is 0.0642 e. The average molecular weight is 360 g/mol. The summed E-state index contributed by atoms with van der Waals surface area (Å²) in [6.45, 7) is 6.03. The number of halogens is 2. The zero-order valence-corrected chi connectivity index (χ0v) is 13.9. The molecule has 0 saturated carbocycles. The molecule has 1 aromatic rings. The first kappa shape index (κ1) is 14.6. The second kappa shape index (κ2) is 6.65. The van der Waals surface area contributed by atoms with Crippen LogP contribution in [0.1, 0.15) is 12.0 Å². The van der Waals surface area contributed by atoms with Crippen molar-refractivity contribution in [2.75, 3.05) is 44.3 Å². The highest BCUT2D eigenvalue weighted by Gasteiger charge is 2.30. The fourth-order valence-electron chi connectivity index (χ4n) is 3.21. The highest BCUT2D eigenvalue weighted by molar-refractivity contribution is 9.08. The third-order valence-corrected chi connectivity index (χ3v) is 5.17. The van der Waals surface area contributed by atoms with E-state index in [1.165, 1.54) is 17.7 Å². The second-order valence-electron chi connectivity index (χ2n) is 5.42. The Kier molecular flexibility index (Phi) is 4.87. The summed E-state index contributed by atoms with van der Waals surface area (Å²) < 4.78 is 5.44. The lowest BCUT2D eigenvalue weighted by Gasteiger charge is -2.32. The fourth-order valence-corrected chi connectivity index (χ4v) is 3.97. The lowest BCUT2D eigenvalue weighted by atomic mass is 10.2. The Morgan fingerprint density at radius 2 is 2.05 bits per heavy atom. The number of para-hydroxylation sites is 1. The first-order valence-corrected chi connectivity index (χ1v) is 8.69. The van der Waals surface area contributed by atoms with Crippen LogP contribution in [-0.2, 0) is 10.1 Å². The van der Waals surface area contributed by atoms with Gasteiger partial charge in [0.2, 0.25) is 0 Å². The molecule has 3 nitrogen and oxygen atoms in total. The smallest absolute Gasteiger partial charge is 0.0642 e. The Balaban J connectivity index is 1.73. The Labute approximate surface area is 134 Å². The van der Waals surface area contributed by atoms with Crippen LogP contribution in [0.3, 0.4) is 0 Å². The molecule has 0 amide bonds. The van der Waals surface area contributed by atoms with Gasteiger partial charge in [-0.25, -0.2) is 0 Å². The molecule has 0 N–H and O–H groups in total. The van der Waals surface area contributed by atoms with Gasteiger partial charge in [0.25, 0.3) is 0 Å². The van der Waals surface area contributed by atoms with E-state index in [1.54, 1.807) is 0 Å². The maximum atomic E-state index is 6.43. The van der Waals surface area contributed by atoms with Gasteiger partial charge in [-0.3, -0.25) is 4.90 Å². The van der Waals surface area contributed by atoms with Gasteiger partial charge in [0.15, 0.2) is 0 Å². The summed E-state index contributed by atoms with van der Waals surface area (Å²) in [7, 11) is 0. The van der Waals surface area contributed by atoms with Gasteiger partial charge in [-0.1, -0.05) is 39.7 Å². The normalized spacial score (nSPS) is 24.3. The second-order valence-corrected chi connectivity index (χ2v) is 6.39. The number of alkyl halides is 1. The molecule has 3 rings (SSSR count). The first-order chi connectivity index (χ1) is 9.79. The average Bonchev–Trinajstić information content (AvgIpc) is 2.97. The van der Waals surface area contributed by atoms with Crippen LogP contribution in [0.2, 0.25) is 5.02 Å². The van der Waals surface area contributed by atoms with Gasteiger partial charge >= 0.3 is 0 Å². The Morgan fingerprint density at radius 1 is 1.25 bits per heavy atom. The molecule has 0 spiro atoms. The predicted molar refractivity (Wildman–Crippen MR) is 87.1 cm³/mol. The molecule has 0 aromatic heterocycles. The molecule has 2 fully saturated rings. The van der Waals surface area contributed by atoms with Crippen molar-refractivity contribution in [1.82, 2.24) is 4.90 Å². The zero-order valence-electron chi connectivity index (χ0n) is 11.5. The third kappa shape index (κ3) is 2.98. The van der Waals surface area contributed by atoms with Crippen molar-refractivity contribution < 1.29 is 4.74 Å². The van der Waals surface area contributed by atoms with Crippen LogP contribution in [-0.4, -0.2) is 50.3 Å². The van der Waals surface area contributed by atoms with Gasteiger partial charge in [-0.2, -0.15) is 0 Å². The number of morpholine rings is 1. The van der Waals surface area contributed by atoms with Crippen LogP contribution < -0.4 is 4.90 Å². The summed E-state index contributed by atoms with van der Waals surface area (Å²) >= 11 is 9.99. The van der Waals surface area contributed by atoms with Crippen LogP contribution in [0.4, 0.5) is 5.69 Å². The molecule has 2 saturated heterocycles. The largest absolute Gasteiger partial charge is 0.379 e. The number of nitrogens with zero attached hydrogens (tertiary/aromatic N) is 2. The summed E-state index contributed by atoms with van der Waals surface area (Å²) in [5.74, 6) is 0. The van der Waals surface area contributed by atoms with E-state index in [-0.39, 0.29) is 0 Å². The molecule has 2 heterocycles.